The number of hydrogen-bond acceptors (Lipinski definition) is 2. The summed E-state index contributed by atoms with van der Waals surface area (Å²) in [7, 11) is 0. The third kappa shape index (κ3) is 4.33. The van der Waals surface area contributed by atoms with Crippen molar-refractivity contribution >= 4 is 31.9 Å². The summed E-state index contributed by atoms with van der Waals surface area (Å²) in [5, 5.41) is 1.68. The predicted molar refractivity (Wildman–Crippen MR) is 65.0 cm³/mol. The first-order valence-electron chi connectivity index (χ1n) is 4.34. The first-order valence-corrected chi connectivity index (χ1v) is 6.58. The van der Waals surface area contributed by atoms with Crippen LogP contribution in [0.4, 0.5) is 0 Å². The molecule has 0 bridgehead atoms. The smallest absolute Gasteiger partial charge is 0.119 e. The van der Waals surface area contributed by atoms with Gasteiger partial charge in [0.1, 0.15) is 11.5 Å². The zero-order valence-corrected chi connectivity index (χ0v) is 10.9. The lowest BCUT2D eigenvalue weighted by Gasteiger charge is -2.06. The molecule has 0 heterocycles. The molecule has 1 rings (SSSR count). The van der Waals surface area contributed by atoms with Crippen LogP contribution in [0.1, 0.15) is 0 Å². The summed E-state index contributed by atoms with van der Waals surface area (Å²) in [5.74, 6) is 1.74. The quantitative estimate of drug-likeness (QED) is 0.748. The second kappa shape index (κ2) is 7.12. The molecule has 0 aromatic heterocycles. The molecular weight excluding hydrogens is 312 g/mol. The second-order valence-electron chi connectivity index (χ2n) is 2.55. The van der Waals surface area contributed by atoms with E-state index >= 15 is 0 Å². The molecule has 0 fully saturated rings. The summed E-state index contributed by atoms with van der Waals surface area (Å²) >= 11 is 6.60. The fourth-order valence-corrected chi connectivity index (χ4v) is 1.27. The SMILES string of the molecule is BrCCOc1ccc(OCCBr)cc1. The highest BCUT2D eigenvalue weighted by molar-refractivity contribution is 9.09. The molecule has 0 aliphatic heterocycles. The lowest BCUT2D eigenvalue weighted by atomic mass is 10.3. The molecule has 0 atom stereocenters. The molecule has 14 heavy (non-hydrogen) atoms. The molecular formula is C10H12Br2O2. The molecule has 0 aliphatic carbocycles. The maximum absolute atomic E-state index is 5.40. The highest BCUT2D eigenvalue weighted by atomic mass is 79.9. The van der Waals surface area contributed by atoms with E-state index in [1.54, 1.807) is 0 Å². The van der Waals surface area contributed by atoms with Crippen LogP contribution >= 0.6 is 31.9 Å². The van der Waals surface area contributed by atoms with Gasteiger partial charge in [0.2, 0.25) is 0 Å². The minimum atomic E-state index is 0.682. The molecule has 0 saturated carbocycles. The van der Waals surface area contributed by atoms with Crippen LogP contribution in [-0.2, 0) is 0 Å². The number of alkyl halides is 2. The Labute approximate surface area is 101 Å². The van der Waals surface area contributed by atoms with Gasteiger partial charge >= 0.3 is 0 Å². The van der Waals surface area contributed by atoms with E-state index in [1.807, 2.05) is 24.3 Å². The standard InChI is InChI=1S/C10H12Br2O2/c11-5-7-13-9-1-2-10(4-3-9)14-8-6-12/h1-4H,5-8H2. The Morgan fingerprint density at radius 2 is 1.14 bits per heavy atom. The fraction of sp³-hybridized carbons (Fsp3) is 0.400. The van der Waals surface area contributed by atoms with Gasteiger partial charge in [0.05, 0.1) is 13.2 Å². The average molecular weight is 324 g/mol. The zero-order valence-electron chi connectivity index (χ0n) is 7.71. The van der Waals surface area contributed by atoms with Crippen molar-refractivity contribution in [2.45, 2.75) is 0 Å². The van der Waals surface area contributed by atoms with Gasteiger partial charge in [-0.3, -0.25) is 0 Å². The normalized spacial score (nSPS) is 9.86. The highest BCUT2D eigenvalue weighted by Gasteiger charge is 1.95. The largest absolute Gasteiger partial charge is 0.493 e. The van der Waals surface area contributed by atoms with Crippen molar-refractivity contribution in [3.63, 3.8) is 0 Å². The Kier molecular flexibility index (Phi) is 6.03. The van der Waals surface area contributed by atoms with Gasteiger partial charge in [-0.15, -0.1) is 0 Å². The summed E-state index contributed by atoms with van der Waals surface area (Å²) in [6.45, 7) is 1.36. The van der Waals surface area contributed by atoms with Crippen molar-refractivity contribution in [3.05, 3.63) is 24.3 Å². The van der Waals surface area contributed by atoms with Crippen LogP contribution in [0.2, 0.25) is 0 Å². The van der Waals surface area contributed by atoms with Crippen LogP contribution in [0, 0.1) is 0 Å². The molecule has 0 radical (unpaired) electrons. The number of hydrogen-bond donors (Lipinski definition) is 0. The van der Waals surface area contributed by atoms with E-state index in [0.29, 0.717) is 13.2 Å². The van der Waals surface area contributed by atoms with Gasteiger partial charge < -0.3 is 9.47 Å². The van der Waals surface area contributed by atoms with Crippen LogP contribution in [-0.4, -0.2) is 23.9 Å². The average Bonchev–Trinajstić information content (AvgIpc) is 2.25. The number of halogens is 2. The van der Waals surface area contributed by atoms with E-state index in [1.165, 1.54) is 0 Å². The Hall–Kier alpha value is -0.220. The lowest BCUT2D eigenvalue weighted by molar-refractivity contribution is 0.335. The number of benzene rings is 1. The Balaban J connectivity index is 2.42. The monoisotopic (exact) mass is 322 g/mol. The first-order chi connectivity index (χ1) is 6.86. The van der Waals surface area contributed by atoms with Crippen molar-refractivity contribution in [2.24, 2.45) is 0 Å². The lowest BCUT2D eigenvalue weighted by Crippen LogP contribution is -1.99. The van der Waals surface area contributed by atoms with Crippen LogP contribution in [0.5, 0.6) is 11.5 Å². The van der Waals surface area contributed by atoms with E-state index in [9.17, 15) is 0 Å². The molecule has 4 heteroatoms. The van der Waals surface area contributed by atoms with Gasteiger partial charge in [0.25, 0.3) is 0 Å². The first kappa shape index (κ1) is 11.9. The molecule has 0 N–H and O–H groups in total. The van der Waals surface area contributed by atoms with E-state index < -0.39 is 0 Å². The summed E-state index contributed by atoms with van der Waals surface area (Å²) in [4.78, 5) is 0. The van der Waals surface area contributed by atoms with E-state index in [4.69, 9.17) is 9.47 Å². The number of ether oxygens (including phenoxy) is 2. The molecule has 78 valence electrons. The summed E-state index contributed by atoms with van der Waals surface area (Å²) in [5.41, 5.74) is 0. The predicted octanol–water partition coefficient (Wildman–Crippen LogP) is 3.23. The highest BCUT2D eigenvalue weighted by Crippen LogP contribution is 2.17. The van der Waals surface area contributed by atoms with Crippen molar-refractivity contribution < 1.29 is 9.47 Å². The third-order valence-electron chi connectivity index (χ3n) is 1.52. The minimum Gasteiger partial charge on any atom is -0.493 e. The summed E-state index contributed by atoms with van der Waals surface area (Å²) in [6.07, 6.45) is 0. The van der Waals surface area contributed by atoms with Crippen LogP contribution < -0.4 is 9.47 Å². The molecule has 0 amide bonds. The van der Waals surface area contributed by atoms with E-state index in [-0.39, 0.29) is 0 Å². The molecule has 0 saturated heterocycles. The third-order valence-corrected chi connectivity index (χ3v) is 2.16. The Bertz CT molecular complexity index is 222. The summed E-state index contributed by atoms with van der Waals surface area (Å²) < 4.78 is 10.8. The van der Waals surface area contributed by atoms with Gasteiger partial charge in [-0.05, 0) is 24.3 Å². The van der Waals surface area contributed by atoms with Gasteiger partial charge in [0.15, 0.2) is 0 Å². The van der Waals surface area contributed by atoms with E-state index in [0.717, 1.165) is 22.2 Å². The maximum atomic E-state index is 5.40. The van der Waals surface area contributed by atoms with Crippen LogP contribution in [0.3, 0.4) is 0 Å². The maximum Gasteiger partial charge on any atom is 0.119 e. The molecule has 0 spiro atoms. The summed E-state index contributed by atoms with van der Waals surface area (Å²) in [6, 6.07) is 7.64. The molecule has 1 aromatic carbocycles. The van der Waals surface area contributed by atoms with E-state index in [2.05, 4.69) is 31.9 Å². The van der Waals surface area contributed by atoms with Crippen LogP contribution in [0.25, 0.3) is 0 Å². The fourth-order valence-electron chi connectivity index (χ4n) is 0.945. The molecule has 0 aliphatic rings. The Morgan fingerprint density at radius 3 is 1.43 bits per heavy atom. The molecule has 1 aromatic rings. The molecule has 2 nitrogen and oxygen atoms in total. The zero-order chi connectivity index (χ0) is 10.2. The van der Waals surface area contributed by atoms with Gasteiger partial charge in [-0.25, -0.2) is 0 Å². The topological polar surface area (TPSA) is 18.5 Å². The number of rotatable bonds is 6. The van der Waals surface area contributed by atoms with Crippen molar-refractivity contribution in [1.82, 2.24) is 0 Å². The second-order valence-corrected chi connectivity index (χ2v) is 4.13. The van der Waals surface area contributed by atoms with Gasteiger partial charge in [0, 0.05) is 10.7 Å². The van der Waals surface area contributed by atoms with Gasteiger partial charge in [-0.2, -0.15) is 0 Å². The van der Waals surface area contributed by atoms with Crippen molar-refractivity contribution in [3.8, 4) is 11.5 Å². The van der Waals surface area contributed by atoms with Crippen LogP contribution in [0.15, 0.2) is 24.3 Å². The minimum absolute atomic E-state index is 0.682. The molecule has 0 unspecified atom stereocenters. The van der Waals surface area contributed by atoms with Crippen molar-refractivity contribution in [2.75, 3.05) is 23.9 Å². The van der Waals surface area contributed by atoms with Gasteiger partial charge in [-0.1, -0.05) is 31.9 Å². The van der Waals surface area contributed by atoms with Crippen molar-refractivity contribution in [1.29, 1.82) is 0 Å². The Morgan fingerprint density at radius 1 is 0.786 bits per heavy atom.